The van der Waals surface area contributed by atoms with Crippen LogP contribution in [0.2, 0.25) is 0 Å². The first kappa shape index (κ1) is 18.6. The van der Waals surface area contributed by atoms with Crippen molar-refractivity contribution < 1.29 is 13.2 Å². The van der Waals surface area contributed by atoms with Gasteiger partial charge in [-0.25, -0.2) is 0 Å². The minimum atomic E-state index is -3.43. The smallest absolute Gasteiger partial charge is 0.281 e. The molecule has 140 valence electrons. The summed E-state index contributed by atoms with van der Waals surface area (Å²) in [4.78, 5) is 14.5. The lowest BCUT2D eigenvalue weighted by atomic mass is 10.1. The van der Waals surface area contributed by atoms with Gasteiger partial charge in [-0.05, 0) is 23.8 Å². The maximum atomic E-state index is 12.8. The molecule has 0 N–H and O–H groups in total. The quantitative estimate of drug-likeness (QED) is 0.760. The predicted octanol–water partition coefficient (Wildman–Crippen LogP) is 0.496. The Labute approximate surface area is 153 Å². The highest BCUT2D eigenvalue weighted by Gasteiger charge is 2.30. The van der Waals surface area contributed by atoms with E-state index in [1.54, 1.807) is 21.8 Å². The number of aromatic nitrogens is 2. The first-order valence-corrected chi connectivity index (χ1v) is 9.81. The van der Waals surface area contributed by atoms with Crippen LogP contribution in [0.3, 0.4) is 0 Å². The fraction of sp³-hybridized carbons (Fsp3) is 0.412. The number of hydrogen-bond donors (Lipinski definition) is 0. The van der Waals surface area contributed by atoms with E-state index >= 15 is 0 Å². The molecule has 1 amide bonds. The van der Waals surface area contributed by atoms with E-state index in [0.717, 1.165) is 5.56 Å². The van der Waals surface area contributed by atoms with Gasteiger partial charge in [-0.3, -0.25) is 9.48 Å². The number of benzene rings is 1. The van der Waals surface area contributed by atoms with Crippen molar-refractivity contribution in [1.82, 2.24) is 23.3 Å². The third-order valence-corrected chi connectivity index (χ3v) is 6.33. The number of piperazine rings is 1. The van der Waals surface area contributed by atoms with Crippen molar-refractivity contribution in [2.45, 2.75) is 6.54 Å². The average molecular weight is 377 g/mol. The third-order valence-electron chi connectivity index (χ3n) is 4.39. The van der Waals surface area contributed by atoms with E-state index in [1.807, 2.05) is 30.5 Å². The summed E-state index contributed by atoms with van der Waals surface area (Å²) in [6.45, 7) is 1.98. The normalized spacial score (nSPS) is 16.2. The van der Waals surface area contributed by atoms with E-state index in [4.69, 9.17) is 0 Å². The molecule has 0 bridgehead atoms. The van der Waals surface area contributed by atoms with Gasteiger partial charge in [0, 0.05) is 58.2 Å². The Kier molecular flexibility index (Phi) is 5.40. The summed E-state index contributed by atoms with van der Waals surface area (Å²) in [5.74, 6) is -0.0748. The van der Waals surface area contributed by atoms with E-state index in [2.05, 4.69) is 5.10 Å². The Bertz CT molecular complexity index is 856. The second-order valence-electron chi connectivity index (χ2n) is 6.39. The lowest BCUT2D eigenvalue weighted by molar-refractivity contribution is 0.0695. The molecule has 1 aromatic carbocycles. The number of rotatable bonds is 5. The highest BCUT2D eigenvalue weighted by atomic mass is 32.2. The first-order valence-electron chi connectivity index (χ1n) is 8.41. The van der Waals surface area contributed by atoms with Crippen molar-refractivity contribution in [1.29, 1.82) is 0 Å². The highest BCUT2D eigenvalue weighted by molar-refractivity contribution is 7.86. The highest BCUT2D eigenvalue weighted by Crippen LogP contribution is 2.14. The van der Waals surface area contributed by atoms with Crippen molar-refractivity contribution >= 4 is 16.1 Å². The maximum Gasteiger partial charge on any atom is 0.281 e. The van der Waals surface area contributed by atoms with Gasteiger partial charge in [0.05, 0.1) is 6.54 Å². The van der Waals surface area contributed by atoms with Gasteiger partial charge in [0.15, 0.2) is 0 Å². The van der Waals surface area contributed by atoms with Crippen LogP contribution in [0.5, 0.6) is 0 Å². The molecule has 2 heterocycles. The summed E-state index contributed by atoms with van der Waals surface area (Å²) >= 11 is 0. The Morgan fingerprint density at radius 3 is 2.50 bits per heavy atom. The SMILES string of the molecule is CN(C)S(=O)(=O)N1CCN(C(=O)c2cccc(Cn3cccn3)c2)CC1. The minimum absolute atomic E-state index is 0.0748. The van der Waals surface area contributed by atoms with Crippen molar-refractivity contribution in [3.05, 3.63) is 53.9 Å². The lowest BCUT2D eigenvalue weighted by Gasteiger charge is -2.35. The Morgan fingerprint density at radius 1 is 1.15 bits per heavy atom. The van der Waals surface area contributed by atoms with Crippen LogP contribution in [-0.2, 0) is 16.8 Å². The number of amides is 1. The van der Waals surface area contributed by atoms with Gasteiger partial charge in [-0.1, -0.05) is 12.1 Å². The molecule has 3 rings (SSSR count). The zero-order chi connectivity index (χ0) is 18.7. The van der Waals surface area contributed by atoms with Crippen LogP contribution in [0.1, 0.15) is 15.9 Å². The summed E-state index contributed by atoms with van der Waals surface area (Å²) in [5, 5.41) is 4.18. The Balaban J connectivity index is 1.65. The van der Waals surface area contributed by atoms with E-state index in [0.29, 0.717) is 38.3 Å². The molecule has 0 unspecified atom stereocenters. The van der Waals surface area contributed by atoms with Crippen LogP contribution in [0, 0.1) is 0 Å². The first-order chi connectivity index (χ1) is 12.4. The zero-order valence-electron chi connectivity index (χ0n) is 14.9. The summed E-state index contributed by atoms with van der Waals surface area (Å²) in [6.07, 6.45) is 3.59. The summed E-state index contributed by atoms with van der Waals surface area (Å²) in [7, 11) is -0.407. The minimum Gasteiger partial charge on any atom is -0.336 e. The molecule has 1 saturated heterocycles. The van der Waals surface area contributed by atoms with Gasteiger partial charge in [-0.2, -0.15) is 22.1 Å². The molecule has 1 fully saturated rings. The molecule has 0 atom stereocenters. The van der Waals surface area contributed by atoms with Gasteiger partial charge in [0.1, 0.15) is 0 Å². The summed E-state index contributed by atoms with van der Waals surface area (Å²) in [6, 6.07) is 9.33. The van der Waals surface area contributed by atoms with Crippen LogP contribution in [0.25, 0.3) is 0 Å². The fourth-order valence-corrected chi connectivity index (χ4v) is 4.01. The lowest BCUT2D eigenvalue weighted by Crippen LogP contribution is -2.53. The van der Waals surface area contributed by atoms with Gasteiger partial charge in [0.25, 0.3) is 16.1 Å². The number of carbonyl (C=O) groups is 1. The largest absolute Gasteiger partial charge is 0.336 e. The van der Waals surface area contributed by atoms with E-state index < -0.39 is 10.2 Å². The van der Waals surface area contributed by atoms with Gasteiger partial charge < -0.3 is 4.90 Å². The molecule has 0 radical (unpaired) electrons. The zero-order valence-corrected chi connectivity index (χ0v) is 15.8. The van der Waals surface area contributed by atoms with Gasteiger partial charge in [-0.15, -0.1) is 0 Å². The fourth-order valence-electron chi connectivity index (χ4n) is 2.92. The van der Waals surface area contributed by atoms with Gasteiger partial charge in [0.2, 0.25) is 0 Å². The Hall–Kier alpha value is -2.23. The molecule has 2 aromatic rings. The van der Waals surface area contributed by atoms with Crippen LogP contribution in [0.15, 0.2) is 42.7 Å². The monoisotopic (exact) mass is 377 g/mol. The average Bonchev–Trinajstić information content (AvgIpc) is 3.14. The van der Waals surface area contributed by atoms with Crippen LogP contribution in [0.4, 0.5) is 0 Å². The van der Waals surface area contributed by atoms with Crippen LogP contribution < -0.4 is 0 Å². The van der Waals surface area contributed by atoms with Crippen LogP contribution >= 0.6 is 0 Å². The molecule has 8 nitrogen and oxygen atoms in total. The van der Waals surface area contributed by atoms with E-state index in [1.165, 1.54) is 22.7 Å². The molecule has 1 aliphatic heterocycles. The van der Waals surface area contributed by atoms with Crippen molar-refractivity contribution in [3.63, 3.8) is 0 Å². The molecule has 0 spiro atoms. The van der Waals surface area contributed by atoms with Crippen LogP contribution in [-0.4, -0.2) is 77.9 Å². The molecule has 1 aliphatic rings. The molecule has 9 heteroatoms. The van der Waals surface area contributed by atoms with Gasteiger partial charge >= 0.3 is 0 Å². The number of nitrogens with zero attached hydrogens (tertiary/aromatic N) is 5. The van der Waals surface area contributed by atoms with Crippen molar-refractivity contribution in [2.75, 3.05) is 40.3 Å². The Morgan fingerprint density at radius 2 is 1.88 bits per heavy atom. The molecule has 0 aliphatic carbocycles. The second-order valence-corrected chi connectivity index (χ2v) is 8.53. The molecular weight excluding hydrogens is 354 g/mol. The van der Waals surface area contributed by atoms with Crippen molar-refractivity contribution in [3.8, 4) is 0 Å². The standard InChI is InChI=1S/C17H23N5O3S/c1-19(2)26(24,25)22-11-9-20(10-12-22)17(23)16-6-3-5-15(13-16)14-21-8-4-7-18-21/h3-8,13H,9-12,14H2,1-2H3. The summed E-state index contributed by atoms with van der Waals surface area (Å²) < 4.78 is 28.7. The second kappa shape index (κ2) is 7.56. The predicted molar refractivity (Wildman–Crippen MR) is 97.9 cm³/mol. The molecule has 1 aromatic heterocycles. The van der Waals surface area contributed by atoms with E-state index in [9.17, 15) is 13.2 Å². The number of carbonyl (C=O) groups excluding carboxylic acids is 1. The molecular formula is C17H23N5O3S. The number of hydrogen-bond acceptors (Lipinski definition) is 4. The molecule has 26 heavy (non-hydrogen) atoms. The van der Waals surface area contributed by atoms with E-state index in [-0.39, 0.29) is 5.91 Å². The maximum absolute atomic E-state index is 12.8. The summed E-state index contributed by atoms with van der Waals surface area (Å²) in [5.41, 5.74) is 1.60. The third kappa shape index (κ3) is 3.95. The van der Waals surface area contributed by atoms with Crippen molar-refractivity contribution in [2.24, 2.45) is 0 Å². The topological polar surface area (TPSA) is 78.8 Å². The molecule has 0 saturated carbocycles.